The Kier molecular flexibility index (Phi) is 10.4. The van der Waals surface area contributed by atoms with Crippen molar-refractivity contribution in [1.82, 2.24) is 15.0 Å². The molecule has 12 heteroatoms. The highest BCUT2D eigenvalue weighted by Crippen LogP contribution is 2.33. The third-order valence-corrected chi connectivity index (χ3v) is 7.23. The molecule has 1 aromatic carbocycles. The lowest BCUT2D eigenvalue weighted by Gasteiger charge is -2.19. The maximum Gasteiger partial charge on any atom is 0.248 e. The molecule has 1 aromatic heterocycles. The van der Waals surface area contributed by atoms with E-state index < -0.39 is 34.5 Å². The normalized spacial score (nSPS) is 14.1. The summed E-state index contributed by atoms with van der Waals surface area (Å²) in [7, 11) is -4.11. The molecule has 0 amide bonds. The Balaban J connectivity index is 2.29. The fraction of sp³-hybridized carbons (Fsp3) is 0.591. The van der Waals surface area contributed by atoms with Crippen molar-refractivity contribution in [3.8, 4) is 0 Å². The molecule has 0 fully saturated rings. The fourth-order valence-electron chi connectivity index (χ4n) is 3.05. The van der Waals surface area contributed by atoms with E-state index in [1.54, 1.807) is 0 Å². The lowest BCUT2D eigenvalue weighted by molar-refractivity contribution is -0.00566. The summed E-state index contributed by atoms with van der Waals surface area (Å²) in [5, 5.41) is 12.9. The summed E-state index contributed by atoms with van der Waals surface area (Å²) < 4.78 is 54.2. The minimum Gasteiger partial charge on any atom is -0.394 e. The summed E-state index contributed by atoms with van der Waals surface area (Å²) in [5.74, 6) is -3.72. The van der Waals surface area contributed by atoms with Gasteiger partial charge in [0.05, 0.1) is 18.4 Å². The highest BCUT2D eigenvalue weighted by molar-refractivity contribution is 7.99. The van der Waals surface area contributed by atoms with Gasteiger partial charge in [0, 0.05) is 18.1 Å². The number of thioether (sulfide) groups is 1. The average molecular weight is 518 g/mol. The van der Waals surface area contributed by atoms with Crippen LogP contribution < -0.4 is 10.0 Å². The zero-order valence-corrected chi connectivity index (χ0v) is 21.5. The van der Waals surface area contributed by atoms with E-state index in [4.69, 9.17) is 0 Å². The molecule has 34 heavy (non-hydrogen) atoms. The zero-order chi connectivity index (χ0) is 25.4. The predicted molar refractivity (Wildman–Crippen MR) is 132 cm³/mol. The predicted octanol–water partition coefficient (Wildman–Crippen LogP) is 4.72. The van der Waals surface area contributed by atoms with Crippen LogP contribution in [0.2, 0.25) is 0 Å². The molecule has 0 bridgehead atoms. The Morgan fingerprint density at radius 2 is 1.74 bits per heavy atom. The van der Waals surface area contributed by atoms with E-state index in [0.29, 0.717) is 6.42 Å². The van der Waals surface area contributed by atoms with Gasteiger partial charge in [-0.2, -0.15) is 15.0 Å². The summed E-state index contributed by atoms with van der Waals surface area (Å²) in [6.07, 6.45) is -0.611. The fourth-order valence-corrected chi connectivity index (χ4v) is 4.98. The van der Waals surface area contributed by atoms with E-state index in [0.717, 1.165) is 5.56 Å². The lowest BCUT2D eigenvalue weighted by atomic mass is 10.0. The number of sulfonamides is 1. The number of alkyl halides is 2. The molecule has 0 aliphatic rings. The van der Waals surface area contributed by atoms with E-state index in [1.807, 2.05) is 51.1 Å². The molecule has 0 spiro atoms. The Labute approximate surface area is 204 Å². The first-order chi connectivity index (χ1) is 15.9. The molecule has 8 nitrogen and oxygen atoms in total. The van der Waals surface area contributed by atoms with Gasteiger partial charge >= 0.3 is 0 Å². The Morgan fingerprint density at radius 3 is 2.32 bits per heavy atom. The summed E-state index contributed by atoms with van der Waals surface area (Å²) in [6, 6.07) is 9.30. The van der Waals surface area contributed by atoms with Crippen LogP contribution in [-0.2, 0) is 10.0 Å². The van der Waals surface area contributed by atoms with Gasteiger partial charge in [-0.1, -0.05) is 62.9 Å². The number of aliphatic hydroxyl groups is 1. The number of halogens is 2. The number of aliphatic hydroxyl groups excluding tert-OH is 1. The number of nitrogens with one attached hydrogen (secondary N) is 2. The van der Waals surface area contributed by atoms with Crippen LogP contribution in [0, 0.1) is 5.92 Å². The molecule has 0 radical (unpaired) electrons. The van der Waals surface area contributed by atoms with E-state index in [9.17, 15) is 22.3 Å². The number of rotatable bonds is 14. The summed E-state index contributed by atoms with van der Waals surface area (Å²) in [5.41, 5.74) is 1.03. The van der Waals surface area contributed by atoms with Gasteiger partial charge < -0.3 is 10.4 Å². The van der Waals surface area contributed by atoms with Crippen molar-refractivity contribution in [3.05, 3.63) is 35.9 Å². The van der Waals surface area contributed by atoms with Gasteiger partial charge in [-0.15, -0.1) is 0 Å². The van der Waals surface area contributed by atoms with Crippen molar-refractivity contribution < 1.29 is 22.3 Å². The Hall–Kier alpha value is -2.05. The van der Waals surface area contributed by atoms with Gasteiger partial charge in [0.2, 0.25) is 27.8 Å². The Morgan fingerprint density at radius 1 is 1.09 bits per heavy atom. The molecule has 3 N–H and O–H groups in total. The van der Waals surface area contributed by atoms with Gasteiger partial charge in [-0.25, -0.2) is 17.2 Å². The van der Waals surface area contributed by atoms with Crippen molar-refractivity contribution in [1.29, 1.82) is 0 Å². The molecule has 0 saturated carbocycles. The van der Waals surface area contributed by atoms with E-state index >= 15 is 0 Å². The van der Waals surface area contributed by atoms with Crippen LogP contribution in [0.15, 0.2) is 35.5 Å². The topological polar surface area (TPSA) is 117 Å². The zero-order valence-electron chi connectivity index (χ0n) is 19.8. The number of hydrogen-bond donors (Lipinski definition) is 3. The smallest absolute Gasteiger partial charge is 0.248 e. The minimum absolute atomic E-state index is 0.0477. The molecule has 1 heterocycles. The van der Waals surface area contributed by atoms with Gasteiger partial charge in [-0.3, -0.25) is 4.72 Å². The second-order valence-electron chi connectivity index (χ2n) is 8.47. The van der Waals surface area contributed by atoms with Crippen molar-refractivity contribution in [2.45, 2.75) is 69.3 Å². The third kappa shape index (κ3) is 9.67. The van der Waals surface area contributed by atoms with Crippen LogP contribution in [0.5, 0.6) is 0 Å². The summed E-state index contributed by atoms with van der Waals surface area (Å²) in [4.78, 5) is 12.7. The number of hydrogen-bond acceptors (Lipinski definition) is 8. The van der Waals surface area contributed by atoms with Crippen molar-refractivity contribution in [2.75, 3.05) is 22.4 Å². The number of anilines is 2. The van der Waals surface area contributed by atoms with Crippen LogP contribution in [0.25, 0.3) is 0 Å². The number of benzene rings is 1. The standard InChI is InChI=1S/C22H33F2N5O3S2/c1-5-22(23,24)11-12-34(31,32)29-20-26-19(25-18(14-30)13-15(2)3)27-21(28-20)33-16(4)17-9-7-6-8-10-17/h6-10,15-16,18,30H,5,11-14H2,1-4H3,(H2,25,26,27,28,29)/t16?,18-/m1/s1. The van der Waals surface area contributed by atoms with Gasteiger partial charge in [0.1, 0.15) is 0 Å². The van der Waals surface area contributed by atoms with Gasteiger partial charge in [0.25, 0.3) is 0 Å². The van der Waals surface area contributed by atoms with Crippen molar-refractivity contribution >= 4 is 33.7 Å². The lowest BCUT2D eigenvalue weighted by Crippen LogP contribution is -2.28. The molecule has 2 rings (SSSR count). The average Bonchev–Trinajstić information content (AvgIpc) is 2.77. The molecule has 2 aromatic rings. The van der Waals surface area contributed by atoms with Gasteiger partial charge in [-0.05, 0) is 24.8 Å². The highest BCUT2D eigenvalue weighted by atomic mass is 32.2. The second kappa shape index (κ2) is 12.6. The van der Waals surface area contributed by atoms with Crippen LogP contribution in [0.3, 0.4) is 0 Å². The van der Waals surface area contributed by atoms with Crippen LogP contribution in [0.4, 0.5) is 20.7 Å². The molecule has 190 valence electrons. The van der Waals surface area contributed by atoms with Crippen LogP contribution >= 0.6 is 11.8 Å². The van der Waals surface area contributed by atoms with Crippen LogP contribution in [0.1, 0.15) is 57.8 Å². The molecule has 0 aliphatic heterocycles. The largest absolute Gasteiger partial charge is 0.394 e. The second-order valence-corrected chi connectivity index (χ2v) is 11.6. The summed E-state index contributed by atoms with van der Waals surface area (Å²) >= 11 is 1.30. The van der Waals surface area contributed by atoms with E-state index in [1.165, 1.54) is 18.7 Å². The monoisotopic (exact) mass is 517 g/mol. The van der Waals surface area contributed by atoms with E-state index in [-0.39, 0.29) is 40.9 Å². The van der Waals surface area contributed by atoms with E-state index in [2.05, 4.69) is 25.0 Å². The first kappa shape index (κ1) is 28.2. The molecular weight excluding hydrogens is 484 g/mol. The molecule has 0 aliphatic carbocycles. The van der Waals surface area contributed by atoms with Crippen molar-refractivity contribution in [2.24, 2.45) is 5.92 Å². The SMILES string of the molecule is CCC(F)(F)CCS(=O)(=O)Nc1nc(N[C@@H](CO)CC(C)C)nc(SC(C)c2ccccc2)n1. The Bertz CT molecular complexity index is 1010. The molecular formula is C22H33F2N5O3S2. The first-order valence-electron chi connectivity index (χ1n) is 11.2. The first-order valence-corrected chi connectivity index (χ1v) is 13.7. The third-order valence-electron chi connectivity index (χ3n) is 4.98. The number of nitrogens with zero attached hydrogens (tertiary/aromatic N) is 3. The maximum absolute atomic E-state index is 13.6. The quantitative estimate of drug-likeness (QED) is 0.308. The molecule has 0 saturated heterocycles. The summed E-state index contributed by atoms with van der Waals surface area (Å²) in [6.45, 7) is 7.11. The molecule has 1 unspecified atom stereocenters. The van der Waals surface area contributed by atoms with Crippen molar-refractivity contribution in [3.63, 3.8) is 0 Å². The highest BCUT2D eigenvalue weighted by Gasteiger charge is 2.29. The van der Waals surface area contributed by atoms with Crippen LogP contribution in [-0.4, -0.2) is 52.8 Å². The number of aromatic nitrogens is 3. The van der Waals surface area contributed by atoms with Gasteiger partial charge in [0.15, 0.2) is 5.16 Å². The molecule has 2 atom stereocenters. The maximum atomic E-state index is 13.6. The minimum atomic E-state index is -4.11.